The van der Waals surface area contributed by atoms with E-state index in [1.54, 1.807) is 18.6 Å². The predicted octanol–water partition coefficient (Wildman–Crippen LogP) is 2.57. The Labute approximate surface area is 113 Å². The van der Waals surface area contributed by atoms with Gasteiger partial charge in [0.25, 0.3) is 0 Å². The summed E-state index contributed by atoms with van der Waals surface area (Å²) in [5.74, 6) is 0.872. The smallest absolute Gasteiger partial charge is 0.120 e. The van der Waals surface area contributed by atoms with Crippen molar-refractivity contribution in [3.8, 4) is 5.75 Å². The Morgan fingerprint density at radius 1 is 1.21 bits per heavy atom. The zero-order chi connectivity index (χ0) is 13.7. The molecule has 100 valence electrons. The Kier molecular flexibility index (Phi) is 4.47. The number of nitrogens with one attached hydrogen (secondary N) is 1. The van der Waals surface area contributed by atoms with Crippen LogP contribution in [0.3, 0.4) is 0 Å². The summed E-state index contributed by atoms with van der Waals surface area (Å²) in [6.07, 6.45) is 5.32. The summed E-state index contributed by atoms with van der Waals surface area (Å²) in [5, 5.41) is 3.26. The molecule has 0 aliphatic heterocycles. The number of aromatic nitrogens is 2. The van der Waals surface area contributed by atoms with E-state index in [1.165, 1.54) is 0 Å². The van der Waals surface area contributed by atoms with Crippen molar-refractivity contribution in [2.24, 2.45) is 0 Å². The van der Waals surface area contributed by atoms with Gasteiger partial charge in [0.05, 0.1) is 24.0 Å². The van der Waals surface area contributed by atoms with Crippen molar-refractivity contribution >= 4 is 0 Å². The quantitative estimate of drug-likeness (QED) is 0.894. The molecule has 19 heavy (non-hydrogen) atoms. The summed E-state index contributed by atoms with van der Waals surface area (Å²) in [5.41, 5.74) is 2.01. The van der Waals surface area contributed by atoms with Crippen LogP contribution in [0.1, 0.15) is 31.1 Å². The van der Waals surface area contributed by atoms with E-state index < -0.39 is 0 Å². The van der Waals surface area contributed by atoms with Crippen molar-refractivity contribution < 1.29 is 4.74 Å². The first-order valence-corrected chi connectivity index (χ1v) is 6.40. The molecule has 0 saturated carbocycles. The number of nitrogens with zero attached hydrogens (tertiary/aromatic N) is 2. The molecule has 1 atom stereocenters. The Morgan fingerprint density at radius 2 is 2.05 bits per heavy atom. The summed E-state index contributed by atoms with van der Waals surface area (Å²) in [4.78, 5) is 8.47. The van der Waals surface area contributed by atoms with Crippen LogP contribution in [0, 0.1) is 0 Å². The molecule has 1 aromatic heterocycles. The molecule has 0 aliphatic rings. The predicted molar refractivity (Wildman–Crippen MR) is 75.1 cm³/mol. The van der Waals surface area contributed by atoms with Crippen molar-refractivity contribution in [1.29, 1.82) is 0 Å². The van der Waals surface area contributed by atoms with Gasteiger partial charge in [0.15, 0.2) is 0 Å². The highest BCUT2D eigenvalue weighted by atomic mass is 16.5. The molecule has 1 aromatic carbocycles. The van der Waals surface area contributed by atoms with Crippen LogP contribution in [0.15, 0.2) is 42.9 Å². The number of benzene rings is 1. The van der Waals surface area contributed by atoms with E-state index in [4.69, 9.17) is 4.74 Å². The van der Waals surface area contributed by atoms with Crippen LogP contribution in [0.4, 0.5) is 0 Å². The summed E-state index contributed by atoms with van der Waals surface area (Å²) in [6, 6.07) is 8.07. The summed E-state index contributed by atoms with van der Waals surface area (Å²) in [7, 11) is 1.91. The largest absolute Gasteiger partial charge is 0.491 e. The minimum absolute atomic E-state index is 0.0180. The van der Waals surface area contributed by atoms with E-state index >= 15 is 0 Å². The number of ether oxygens (including phenoxy) is 1. The van der Waals surface area contributed by atoms with Crippen molar-refractivity contribution in [3.05, 3.63) is 54.1 Å². The van der Waals surface area contributed by atoms with Crippen LogP contribution < -0.4 is 10.1 Å². The fraction of sp³-hybridized carbons (Fsp3) is 0.333. The molecule has 0 fully saturated rings. The normalized spacial score (nSPS) is 12.4. The average Bonchev–Trinajstić information content (AvgIpc) is 2.40. The SMILES string of the molecule is CNC(c1cccc(OC(C)C)c1)c1cnccn1. The number of hydrogen-bond acceptors (Lipinski definition) is 4. The van der Waals surface area contributed by atoms with Gasteiger partial charge in [-0.05, 0) is 38.6 Å². The van der Waals surface area contributed by atoms with Crippen LogP contribution in [-0.2, 0) is 0 Å². The Hall–Kier alpha value is -1.94. The van der Waals surface area contributed by atoms with Gasteiger partial charge in [-0.25, -0.2) is 0 Å². The molecule has 0 bridgehead atoms. The van der Waals surface area contributed by atoms with Gasteiger partial charge in [-0.2, -0.15) is 0 Å². The first kappa shape index (κ1) is 13.5. The summed E-state index contributed by atoms with van der Waals surface area (Å²) in [6.45, 7) is 4.04. The van der Waals surface area contributed by atoms with E-state index in [0.29, 0.717) is 0 Å². The zero-order valence-electron chi connectivity index (χ0n) is 11.5. The lowest BCUT2D eigenvalue weighted by atomic mass is 10.0. The molecule has 1 unspecified atom stereocenters. The lowest BCUT2D eigenvalue weighted by Crippen LogP contribution is -2.19. The third kappa shape index (κ3) is 3.51. The van der Waals surface area contributed by atoms with Crippen molar-refractivity contribution in [3.63, 3.8) is 0 Å². The molecule has 1 N–H and O–H groups in total. The van der Waals surface area contributed by atoms with Crippen LogP contribution in [0.25, 0.3) is 0 Å². The fourth-order valence-corrected chi connectivity index (χ4v) is 1.98. The highest BCUT2D eigenvalue weighted by Gasteiger charge is 2.14. The molecule has 0 spiro atoms. The standard InChI is InChI=1S/C15H19N3O/c1-11(2)19-13-6-4-5-12(9-13)15(16-3)14-10-17-7-8-18-14/h4-11,15-16H,1-3H3. The number of hydrogen-bond donors (Lipinski definition) is 1. The maximum absolute atomic E-state index is 5.72. The van der Waals surface area contributed by atoms with E-state index in [-0.39, 0.29) is 12.1 Å². The van der Waals surface area contributed by atoms with Gasteiger partial charge < -0.3 is 10.1 Å². The van der Waals surface area contributed by atoms with Crippen molar-refractivity contribution in [2.75, 3.05) is 7.05 Å². The van der Waals surface area contributed by atoms with Crippen LogP contribution in [0.5, 0.6) is 5.75 Å². The Balaban J connectivity index is 2.28. The fourth-order valence-electron chi connectivity index (χ4n) is 1.98. The minimum atomic E-state index is 0.0180. The van der Waals surface area contributed by atoms with Gasteiger partial charge >= 0.3 is 0 Å². The lowest BCUT2D eigenvalue weighted by Gasteiger charge is -2.17. The Bertz CT molecular complexity index is 514. The second-order valence-corrected chi connectivity index (χ2v) is 4.59. The van der Waals surface area contributed by atoms with Crippen molar-refractivity contribution in [1.82, 2.24) is 15.3 Å². The van der Waals surface area contributed by atoms with Gasteiger partial charge in [-0.15, -0.1) is 0 Å². The molecule has 2 aromatic rings. The average molecular weight is 257 g/mol. The third-order valence-corrected chi connectivity index (χ3v) is 2.73. The molecule has 0 aliphatic carbocycles. The molecule has 1 heterocycles. The van der Waals surface area contributed by atoms with E-state index in [9.17, 15) is 0 Å². The first-order chi connectivity index (χ1) is 9.20. The Morgan fingerprint density at radius 3 is 2.68 bits per heavy atom. The first-order valence-electron chi connectivity index (χ1n) is 6.40. The topological polar surface area (TPSA) is 47.0 Å². The molecule has 0 radical (unpaired) electrons. The molecule has 4 heteroatoms. The summed E-state index contributed by atoms with van der Waals surface area (Å²) < 4.78 is 5.72. The summed E-state index contributed by atoms with van der Waals surface area (Å²) >= 11 is 0. The molecule has 2 rings (SSSR count). The second-order valence-electron chi connectivity index (χ2n) is 4.59. The molecule has 4 nitrogen and oxygen atoms in total. The van der Waals surface area contributed by atoms with Gasteiger partial charge in [0.2, 0.25) is 0 Å². The molecular weight excluding hydrogens is 238 g/mol. The van der Waals surface area contributed by atoms with Crippen molar-refractivity contribution in [2.45, 2.75) is 26.0 Å². The minimum Gasteiger partial charge on any atom is -0.491 e. The van der Waals surface area contributed by atoms with E-state index in [0.717, 1.165) is 17.0 Å². The van der Waals surface area contributed by atoms with Crippen LogP contribution in [0.2, 0.25) is 0 Å². The van der Waals surface area contributed by atoms with Gasteiger partial charge in [-0.1, -0.05) is 12.1 Å². The second kappa shape index (κ2) is 6.29. The zero-order valence-corrected chi connectivity index (χ0v) is 11.5. The number of rotatable bonds is 5. The highest BCUT2D eigenvalue weighted by Crippen LogP contribution is 2.23. The van der Waals surface area contributed by atoms with Crippen LogP contribution >= 0.6 is 0 Å². The van der Waals surface area contributed by atoms with Gasteiger partial charge in [-0.3, -0.25) is 9.97 Å². The maximum Gasteiger partial charge on any atom is 0.120 e. The maximum atomic E-state index is 5.72. The molecule has 0 saturated heterocycles. The lowest BCUT2D eigenvalue weighted by molar-refractivity contribution is 0.242. The third-order valence-electron chi connectivity index (χ3n) is 2.73. The van der Waals surface area contributed by atoms with E-state index in [2.05, 4.69) is 21.4 Å². The van der Waals surface area contributed by atoms with Crippen LogP contribution in [-0.4, -0.2) is 23.1 Å². The van der Waals surface area contributed by atoms with E-state index in [1.807, 2.05) is 39.1 Å². The van der Waals surface area contributed by atoms with Gasteiger partial charge in [0, 0.05) is 12.4 Å². The monoisotopic (exact) mass is 257 g/mol. The molecular formula is C15H19N3O. The highest BCUT2D eigenvalue weighted by molar-refractivity contribution is 5.34. The molecule has 0 amide bonds. The van der Waals surface area contributed by atoms with Gasteiger partial charge in [0.1, 0.15) is 5.75 Å².